The Morgan fingerprint density at radius 1 is 1.07 bits per heavy atom. The van der Waals surface area contributed by atoms with Crippen LogP contribution >= 0.6 is 23.6 Å². The number of ether oxygens (including phenoxy) is 2. The van der Waals surface area contributed by atoms with Crippen LogP contribution in [-0.2, 0) is 0 Å². The molecule has 0 radical (unpaired) electrons. The number of hydrazone groups is 1. The molecule has 0 spiro atoms. The Hall–Kier alpha value is -2.90. The Labute approximate surface area is 179 Å². The summed E-state index contributed by atoms with van der Waals surface area (Å²) >= 11 is 7.40. The van der Waals surface area contributed by atoms with Gasteiger partial charge in [-0.05, 0) is 53.5 Å². The van der Waals surface area contributed by atoms with Crippen LogP contribution in [0.1, 0.15) is 22.9 Å². The molecule has 0 saturated heterocycles. The molecular formula is C22H21N3O2S2. The molecule has 5 nitrogen and oxygen atoms in total. The van der Waals surface area contributed by atoms with Gasteiger partial charge in [-0.2, -0.15) is 5.10 Å². The molecule has 1 aliphatic rings. The van der Waals surface area contributed by atoms with E-state index in [0.29, 0.717) is 16.6 Å². The van der Waals surface area contributed by atoms with E-state index in [0.717, 1.165) is 28.3 Å². The second-order valence-corrected chi connectivity index (χ2v) is 7.83. The van der Waals surface area contributed by atoms with E-state index in [4.69, 9.17) is 26.8 Å². The molecule has 0 aliphatic carbocycles. The topological polar surface area (TPSA) is 46.1 Å². The first-order valence-corrected chi connectivity index (χ1v) is 10.5. The fourth-order valence-electron chi connectivity index (χ4n) is 3.31. The second-order valence-electron chi connectivity index (χ2n) is 6.50. The van der Waals surface area contributed by atoms with E-state index in [1.165, 1.54) is 0 Å². The van der Waals surface area contributed by atoms with Gasteiger partial charge >= 0.3 is 0 Å². The van der Waals surface area contributed by atoms with Crippen molar-refractivity contribution in [1.29, 1.82) is 0 Å². The first kappa shape index (κ1) is 19.4. The SMILES string of the molecule is COc1ccc([C@H]2CC(c3cccs3)=NN2C(=S)Nc2ccccc2)cc1OC. The number of anilines is 1. The van der Waals surface area contributed by atoms with Crippen LogP contribution < -0.4 is 14.8 Å². The summed E-state index contributed by atoms with van der Waals surface area (Å²) < 4.78 is 10.9. The van der Waals surface area contributed by atoms with E-state index >= 15 is 0 Å². The number of hydrogen-bond donors (Lipinski definition) is 1. The summed E-state index contributed by atoms with van der Waals surface area (Å²) in [6.07, 6.45) is 0.757. The van der Waals surface area contributed by atoms with Gasteiger partial charge in [-0.1, -0.05) is 30.3 Å². The number of nitrogens with zero attached hydrogens (tertiary/aromatic N) is 2. The summed E-state index contributed by atoms with van der Waals surface area (Å²) in [5.41, 5.74) is 3.02. The molecule has 0 amide bonds. The van der Waals surface area contributed by atoms with Crippen LogP contribution in [0.25, 0.3) is 0 Å². The molecule has 1 aliphatic heterocycles. The largest absolute Gasteiger partial charge is 0.493 e. The lowest BCUT2D eigenvalue weighted by atomic mass is 10.0. The highest BCUT2D eigenvalue weighted by atomic mass is 32.1. The van der Waals surface area contributed by atoms with Crippen molar-refractivity contribution in [3.8, 4) is 11.5 Å². The van der Waals surface area contributed by atoms with E-state index in [1.807, 2.05) is 59.6 Å². The quantitative estimate of drug-likeness (QED) is 0.563. The lowest BCUT2D eigenvalue weighted by Crippen LogP contribution is -2.31. The average Bonchev–Trinajstić information content (AvgIpc) is 3.44. The molecule has 0 bridgehead atoms. The van der Waals surface area contributed by atoms with E-state index in [-0.39, 0.29) is 6.04 Å². The Morgan fingerprint density at radius 3 is 2.55 bits per heavy atom. The van der Waals surface area contributed by atoms with Crippen LogP contribution in [0.3, 0.4) is 0 Å². The third kappa shape index (κ3) is 4.11. The number of para-hydroxylation sites is 1. The van der Waals surface area contributed by atoms with Crippen LogP contribution in [0.15, 0.2) is 71.1 Å². The molecule has 29 heavy (non-hydrogen) atoms. The van der Waals surface area contributed by atoms with Gasteiger partial charge < -0.3 is 14.8 Å². The number of methoxy groups -OCH3 is 2. The van der Waals surface area contributed by atoms with Crippen LogP contribution in [0.4, 0.5) is 5.69 Å². The summed E-state index contributed by atoms with van der Waals surface area (Å²) in [5.74, 6) is 1.39. The minimum atomic E-state index is -0.0318. The van der Waals surface area contributed by atoms with Crippen molar-refractivity contribution in [2.24, 2.45) is 5.10 Å². The molecule has 148 valence electrons. The molecule has 2 heterocycles. The van der Waals surface area contributed by atoms with Crippen LogP contribution in [0.5, 0.6) is 11.5 Å². The molecule has 0 fully saturated rings. The second kappa shape index (κ2) is 8.63. The van der Waals surface area contributed by atoms with E-state index in [1.54, 1.807) is 25.6 Å². The lowest BCUT2D eigenvalue weighted by molar-refractivity contribution is 0.348. The van der Waals surface area contributed by atoms with Crippen molar-refractivity contribution in [1.82, 2.24) is 5.01 Å². The molecule has 2 aromatic carbocycles. The molecule has 7 heteroatoms. The predicted octanol–water partition coefficient (Wildman–Crippen LogP) is 5.31. The number of hydrogen-bond acceptors (Lipinski definition) is 5. The summed E-state index contributed by atoms with van der Waals surface area (Å²) in [5, 5.41) is 12.7. The highest BCUT2D eigenvalue weighted by Gasteiger charge is 2.32. The molecule has 4 rings (SSSR count). The smallest absolute Gasteiger partial charge is 0.194 e. The molecule has 0 unspecified atom stereocenters. The number of benzene rings is 2. The van der Waals surface area contributed by atoms with E-state index < -0.39 is 0 Å². The van der Waals surface area contributed by atoms with Gasteiger partial charge in [-0.3, -0.25) is 0 Å². The maximum atomic E-state index is 5.72. The van der Waals surface area contributed by atoms with Crippen LogP contribution in [0.2, 0.25) is 0 Å². The number of thiophene rings is 1. The van der Waals surface area contributed by atoms with Gasteiger partial charge in [0, 0.05) is 12.1 Å². The van der Waals surface area contributed by atoms with Gasteiger partial charge in [0.1, 0.15) is 0 Å². The summed E-state index contributed by atoms with van der Waals surface area (Å²) in [4.78, 5) is 1.15. The molecule has 1 aromatic heterocycles. The Kier molecular flexibility index (Phi) is 5.78. The standard InChI is InChI=1S/C22H21N3O2S2/c1-26-19-11-10-15(13-20(19)27-2)18-14-17(21-9-6-12-29-21)24-25(18)22(28)23-16-7-4-3-5-8-16/h3-13,18H,14H2,1-2H3,(H,23,28)/t18-/m1/s1. The number of rotatable bonds is 5. The molecular weight excluding hydrogens is 402 g/mol. The van der Waals surface area contributed by atoms with Gasteiger partial charge in [-0.25, -0.2) is 5.01 Å². The first-order chi connectivity index (χ1) is 14.2. The van der Waals surface area contributed by atoms with Gasteiger partial charge in [-0.15, -0.1) is 11.3 Å². The average molecular weight is 424 g/mol. The van der Waals surface area contributed by atoms with Crippen LogP contribution in [-0.4, -0.2) is 30.1 Å². The Balaban J connectivity index is 1.67. The fraction of sp³-hybridized carbons (Fsp3) is 0.182. The fourth-order valence-corrected chi connectivity index (χ4v) is 4.32. The summed E-state index contributed by atoms with van der Waals surface area (Å²) in [7, 11) is 3.28. The van der Waals surface area contributed by atoms with Gasteiger partial charge in [0.25, 0.3) is 0 Å². The van der Waals surface area contributed by atoms with Gasteiger partial charge in [0.2, 0.25) is 0 Å². The zero-order valence-electron chi connectivity index (χ0n) is 16.2. The van der Waals surface area contributed by atoms with Crippen molar-refractivity contribution < 1.29 is 9.47 Å². The molecule has 1 N–H and O–H groups in total. The predicted molar refractivity (Wildman–Crippen MR) is 122 cm³/mol. The monoisotopic (exact) mass is 423 g/mol. The lowest BCUT2D eigenvalue weighted by Gasteiger charge is -2.25. The minimum Gasteiger partial charge on any atom is -0.493 e. The molecule has 0 saturated carbocycles. The zero-order valence-corrected chi connectivity index (χ0v) is 17.8. The van der Waals surface area contributed by atoms with Gasteiger partial charge in [0.15, 0.2) is 16.6 Å². The Bertz CT molecular complexity index is 1020. The third-order valence-corrected chi connectivity index (χ3v) is 5.95. The third-order valence-electron chi connectivity index (χ3n) is 4.74. The number of thiocarbonyl (C=S) groups is 1. The normalized spacial score (nSPS) is 15.7. The minimum absolute atomic E-state index is 0.0318. The van der Waals surface area contributed by atoms with Crippen molar-refractivity contribution in [2.75, 3.05) is 19.5 Å². The summed E-state index contributed by atoms with van der Waals surface area (Å²) in [6, 6.07) is 19.9. The van der Waals surface area contributed by atoms with Crippen molar-refractivity contribution in [2.45, 2.75) is 12.5 Å². The molecule has 1 atom stereocenters. The summed E-state index contributed by atoms with van der Waals surface area (Å²) in [6.45, 7) is 0. The maximum absolute atomic E-state index is 5.72. The van der Waals surface area contributed by atoms with Gasteiger partial charge in [0.05, 0.1) is 30.9 Å². The Morgan fingerprint density at radius 2 is 1.86 bits per heavy atom. The van der Waals surface area contributed by atoms with E-state index in [2.05, 4.69) is 16.8 Å². The zero-order chi connectivity index (χ0) is 20.2. The highest BCUT2D eigenvalue weighted by Crippen LogP contribution is 2.38. The molecule has 3 aromatic rings. The van der Waals surface area contributed by atoms with Crippen molar-refractivity contribution in [3.63, 3.8) is 0 Å². The highest BCUT2D eigenvalue weighted by molar-refractivity contribution is 7.80. The van der Waals surface area contributed by atoms with Crippen LogP contribution in [0, 0.1) is 0 Å². The maximum Gasteiger partial charge on any atom is 0.194 e. The van der Waals surface area contributed by atoms with Crippen molar-refractivity contribution in [3.05, 3.63) is 76.5 Å². The number of nitrogens with one attached hydrogen (secondary N) is 1. The van der Waals surface area contributed by atoms with Crippen molar-refractivity contribution >= 4 is 40.1 Å². The van der Waals surface area contributed by atoms with E-state index in [9.17, 15) is 0 Å². The first-order valence-electron chi connectivity index (χ1n) is 9.18.